The fourth-order valence-electron chi connectivity index (χ4n) is 1.17. The number of amides is 1. The van der Waals surface area contributed by atoms with E-state index in [-0.39, 0.29) is 5.56 Å². The van der Waals surface area contributed by atoms with Gasteiger partial charge in [0.1, 0.15) is 12.1 Å². The van der Waals surface area contributed by atoms with Gasteiger partial charge >= 0.3 is 6.18 Å². The molecule has 0 bridgehead atoms. The summed E-state index contributed by atoms with van der Waals surface area (Å²) >= 11 is 0. The number of aromatic nitrogens is 1. The lowest BCUT2D eigenvalue weighted by Crippen LogP contribution is -2.36. The smallest absolute Gasteiger partial charge is 0.343 e. The molecule has 0 aliphatic rings. The zero-order chi connectivity index (χ0) is 13.2. The molecule has 17 heavy (non-hydrogen) atoms. The van der Waals surface area contributed by atoms with Gasteiger partial charge in [-0.15, -0.1) is 0 Å². The summed E-state index contributed by atoms with van der Waals surface area (Å²) < 4.78 is 35.6. The zero-order valence-electron chi connectivity index (χ0n) is 9.23. The first-order valence-electron chi connectivity index (χ1n) is 4.76. The topological polar surface area (TPSA) is 62.0 Å². The Morgan fingerprint density at radius 3 is 2.53 bits per heavy atom. The molecule has 0 atom stereocenters. The molecule has 1 heterocycles. The molecule has 0 unspecified atom stereocenters. The minimum absolute atomic E-state index is 0.322. The van der Waals surface area contributed by atoms with E-state index in [1.54, 1.807) is 19.2 Å². The van der Waals surface area contributed by atoms with E-state index in [1.807, 2.05) is 0 Å². The molecule has 94 valence electrons. The minimum atomic E-state index is -4.50. The van der Waals surface area contributed by atoms with Crippen LogP contribution in [0.15, 0.2) is 10.9 Å². The van der Waals surface area contributed by atoms with Crippen molar-refractivity contribution < 1.29 is 18.0 Å². The van der Waals surface area contributed by atoms with E-state index in [4.69, 9.17) is 0 Å². The van der Waals surface area contributed by atoms with E-state index < -0.39 is 24.2 Å². The van der Waals surface area contributed by atoms with Crippen molar-refractivity contribution in [2.24, 2.45) is 0 Å². The summed E-state index contributed by atoms with van der Waals surface area (Å²) in [7, 11) is 0. The summed E-state index contributed by atoms with van der Waals surface area (Å²) in [5.41, 5.74) is 0.175. The largest absolute Gasteiger partial charge is 0.405 e. The Bertz CT molecular complexity index is 491. The lowest BCUT2D eigenvalue weighted by Gasteiger charge is -2.08. The number of carbonyl (C=O) groups excluding carboxylic acids is 1. The molecule has 1 amide bonds. The molecule has 0 aliphatic carbocycles. The highest BCUT2D eigenvalue weighted by atomic mass is 19.4. The van der Waals surface area contributed by atoms with Crippen molar-refractivity contribution in [2.75, 3.05) is 6.54 Å². The summed E-state index contributed by atoms with van der Waals surface area (Å²) in [5.74, 6) is -1.04. The maximum absolute atomic E-state index is 11.9. The van der Waals surface area contributed by atoms with Gasteiger partial charge in [-0.25, -0.2) is 0 Å². The van der Waals surface area contributed by atoms with Gasteiger partial charge in [-0.1, -0.05) is 0 Å². The number of rotatable bonds is 2. The number of aryl methyl sites for hydroxylation is 2. The molecule has 0 aromatic carbocycles. The number of halogens is 3. The Morgan fingerprint density at radius 1 is 1.41 bits per heavy atom. The highest BCUT2D eigenvalue weighted by Crippen LogP contribution is 2.12. The maximum atomic E-state index is 11.9. The number of nitrogens with one attached hydrogen (secondary N) is 2. The van der Waals surface area contributed by atoms with Crippen LogP contribution in [0.5, 0.6) is 0 Å². The molecule has 7 heteroatoms. The molecule has 1 aromatic heterocycles. The Morgan fingerprint density at radius 2 is 2.00 bits per heavy atom. The Balaban J connectivity index is 2.90. The van der Waals surface area contributed by atoms with Crippen molar-refractivity contribution in [3.05, 3.63) is 33.2 Å². The molecule has 1 aromatic rings. The van der Waals surface area contributed by atoms with Crippen molar-refractivity contribution in [3.8, 4) is 0 Å². The summed E-state index contributed by atoms with van der Waals surface area (Å²) in [5, 5.41) is 1.64. The Labute approximate surface area is 94.8 Å². The average Bonchev–Trinajstić information content (AvgIpc) is 2.19. The molecule has 4 nitrogen and oxygen atoms in total. The predicted octanol–water partition coefficient (Wildman–Crippen LogP) is 1.28. The number of hydrogen-bond acceptors (Lipinski definition) is 2. The summed E-state index contributed by atoms with van der Waals surface area (Å²) in [4.78, 5) is 25.1. The third-order valence-electron chi connectivity index (χ3n) is 2.19. The fourth-order valence-corrected chi connectivity index (χ4v) is 1.17. The van der Waals surface area contributed by atoms with Gasteiger partial charge in [0.15, 0.2) is 0 Å². The SMILES string of the molecule is Cc1cc(C(=O)NCC(F)(F)F)c(=O)[nH]c1C. The molecule has 0 spiro atoms. The second kappa shape index (κ2) is 4.60. The van der Waals surface area contributed by atoms with Crippen LogP contribution in [0, 0.1) is 13.8 Å². The van der Waals surface area contributed by atoms with Crippen LogP contribution in [0.4, 0.5) is 13.2 Å². The van der Waals surface area contributed by atoms with Crippen LogP contribution in [0.3, 0.4) is 0 Å². The number of aromatic amines is 1. The predicted molar refractivity (Wildman–Crippen MR) is 54.9 cm³/mol. The van der Waals surface area contributed by atoms with E-state index in [0.29, 0.717) is 11.3 Å². The third kappa shape index (κ3) is 3.61. The average molecular weight is 248 g/mol. The van der Waals surface area contributed by atoms with E-state index in [1.165, 1.54) is 6.07 Å². The Hall–Kier alpha value is -1.79. The van der Waals surface area contributed by atoms with Crippen molar-refractivity contribution in [1.29, 1.82) is 0 Å². The monoisotopic (exact) mass is 248 g/mol. The summed E-state index contributed by atoms with van der Waals surface area (Å²) in [6.45, 7) is 1.82. The number of pyridine rings is 1. The molecule has 0 saturated heterocycles. The van der Waals surface area contributed by atoms with Gasteiger partial charge in [-0.3, -0.25) is 9.59 Å². The van der Waals surface area contributed by atoms with Crippen molar-refractivity contribution in [3.63, 3.8) is 0 Å². The van der Waals surface area contributed by atoms with Crippen LogP contribution in [0.25, 0.3) is 0 Å². The second-order valence-corrected chi connectivity index (χ2v) is 3.62. The quantitative estimate of drug-likeness (QED) is 0.828. The van der Waals surface area contributed by atoms with Crippen molar-refractivity contribution >= 4 is 5.91 Å². The highest BCUT2D eigenvalue weighted by molar-refractivity contribution is 5.94. The van der Waals surface area contributed by atoms with Crippen LogP contribution in [0.2, 0.25) is 0 Å². The molecule has 0 radical (unpaired) electrons. The first-order valence-corrected chi connectivity index (χ1v) is 4.76. The Kier molecular flexibility index (Phi) is 3.59. The van der Waals surface area contributed by atoms with Gasteiger partial charge < -0.3 is 10.3 Å². The summed E-state index contributed by atoms with van der Waals surface area (Å²) in [6.07, 6.45) is -4.50. The van der Waals surface area contributed by atoms with Crippen LogP contribution < -0.4 is 10.9 Å². The van der Waals surface area contributed by atoms with Crippen molar-refractivity contribution in [2.45, 2.75) is 20.0 Å². The first-order chi connectivity index (χ1) is 7.70. The number of hydrogen-bond donors (Lipinski definition) is 2. The van der Waals surface area contributed by atoms with Gasteiger partial charge in [0.2, 0.25) is 0 Å². The molecule has 2 N–H and O–H groups in total. The number of H-pyrrole nitrogens is 1. The number of carbonyl (C=O) groups is 1. The molecular formula is C10H11F3N2O2. The van der Waals surface area contributed by atoms with Gasteiger partial charge in [0.05, 0.1) is 0 Å². The standard InChI is InChI=1S/C10H11F3N2O2/c1-5-3-7(9(17)15-6(5)2)8(16)14-4-10(11,12)13/h3H,4H2,1-2H3,(H,14,16)(H,15,17). The lowest BCUT2D eigenvalue weighted by atomic mass is 10.1. The first kappa shape index (κ1) is 13.3. The molecule has 0 aliphatic heterocycles. The highest BCUT2D eigenvalue weighted by Gasteiger charge is 2.28. The third-order valence-corrected chi connectivity index (χ3v) is 2.19. The van der Waals surface area contributed by atoms with E-state index >= 15 is 0 Å². The van der Waals surface area contributed by atoms with Crippen LogP contribution in [-0.4, -0.2) is 23.6 Å². The van der Waals surface area contributed by atoms with Gasteiger partial charge in [-0.2, -0.15) is 13.2 Å². The van der Waals surface area contributed by atoms with Gasteiger partial charge in [0.25, 0.3) is 11.5 Å². The van der Waals surface area contributed by atoms with E-state index in [9.17, 15) is 22.8 Å². The molecule has 1 rings (SSSR count). The summed E-state index contributed by atoms with van der Waals surface area (Å²) in [6, 6.07) is 1.26. The zero-order valence-corrected chi connectivity index (χ0v) is 9.23. The maximum Gasteiger partial charge on any atom is 0.405 e. The molecule has 0 saturated carbocycles. The second-order valence-electron chi connectivity index (χ2n) is 3.62. The molecular weight excluding hydrogens is 237 g/mol. The van der Waals surface area contributed by atoms with E-state index in [0.717, 1.165) is 0 Å². The fraction of sp³-hybridized carbons (Fsp3) is 0.400. The van der Waals surface area contributed by atoms with Crippen molar-refractivity contribution in [1.82, 2.24) is 10.3 Å². The van der Waals surface area contributed by atoms with Crippen LogP contribution in [0.1, 0.15) is 21.6 Å². The van der Waals surface area contributed by atoms with Crippen LogP contribution >= 0.6 is 0 Å². The normalized spacial score (nSPS) is 11.4. The lowest BCUT2D eigenvalue weighted by molar-refractivity contribution is -0.123. The van der Waals surface area contributed by atoms with Crippen LogP contribution in [-0.2, 0) is 0 Å². The van der Waals surface area contributed by atoms with Gasteiger partial charge in [0, 0.05) is 5.69 Å². The minimum Gasteiger partial charge on any atom is -0.343 e. The van der Waals surface area contributed by atoms with Gasteiger partial charge in [-0.05, 0) is 25.5 Å². The van der Waals surface area contributed by atoms with E-state index in [2.05, 4.69) is 4.98 Å². The number of alkyl halides is 3. The molecule has 0 fully saturated rings.